The molecular weight excluding hydrogens is 276 g/mol. The van der Waals surface area contributed by atoms with E-state index in [1.165, 1.54) is 4.90 Å². The van der Waals surface area contributed by atoms with Crippen LogP contribution in [-0.4, -0.2) is 66.3 Å². The number of carbonyl (C=O) groups is 4. The Labute approximate surface area is 121 Å². The zero-order valence-electron chi connectivity index (χ0n) is 11.7. The van der Waals surface area contributed by atoms with Gasteiger partial charge in [0.1, 0.15) is 13.1 Å². The number of hydrogen-bond acceptors (Lipinski definition) is 4. The van der Waals surface area contributed by atoms with Gasteiger partial charge in [0, 0.05) is 19.6 Å². The van der Waals surface area contributed by atoms with Gasteiger partial charge in [0.25, 0.3) is 0 Å². The van der Waals surface area contributed by atoms with E-state index in [1.54, 1.807) is 4.90 Å². The zero-order chi connectivity index (χ0) is 15.0. The summed E-state index contributed by atoms with van der Waals surface area (Å²) in [4.78, 5) is 49.7. The highest BCUT2D eigenvalue weighted by molar-refractivity contribution is 6.03. The maximum absolute atomic E-state index is 12.2. The Hall–Kier alpha value is -2.12. The molecule has 5 amide bonds. The highest BCUT2D eigenvalue weighted by Gasteiger charge is 2.47. The van der Waals surface area contributed by atoms with Crippen LogP contribution >= 0.6 is 0 Å². The van der Waals surface area contributed by atoms with Crippen molar-refractivity contribution in [3.63, 3.8) is 0 Å². The van der Waals surface area contributed by atoms with Crippen LogP contribution < -0.4 is 10.6 Å². The van der Waals surface area contributed by atoms with Gasteiger partial charge in [0.2, 0.25) is 17.7 Å². The third-order valence-corrected chi connectivity index (χ3v) is 4.50. The van der Waals surface area contributed by atoms with E-state index in [2.05, 4.69) is 10.6 Å². The first-order valence-corrected chi connectivity index (χ1v) is 7.15. The first-order valence-electron chi connectivity index (χ1n) is 7.15. The van der Waals surface area contributed by atoms with Gasteiger partial charge in [-0.3, -0.25) is 19.7 Å². The quantitative estimate of drug-likeness (QED) is 0.616. The molecule has 21 heavy (non-hydrogen) atoms. The first-order chi connectivity index (χ1) is 10.00. The van der Waals surface area contributed by atoms with E-state index in [1.807, 2.05) is 0 Å². The lowest BCUT2D eigenvalue weighted by molar-refractivity contribution is -0.135. The second kappa shape index (κ2) is 5.01. The molecule has 3 saturated heterocycles. The third kappa shape index (κ3) is 2.45. The number of piperidine rings is 1. The summed E-state index contributed by atoms with van der Waals surface area (Å²) in [7, 11) is 0. The lowest BCUT2D eigenvalue weighted by Gasteiger charge is -2.32. The zero-order valence-corrected chi connectivity index (χ0v) is 11.7. The van der Waals surface area contributed by atoms with Gasteiger partial charge in [-0.1, -0.05) is 0 Å². The van der Waals surface area contributed by atoms with E-state index in [0.717, 1.165) is 12.8 Å². The van der Waals surface area contributed by atoms with Crippen molar-refractivity contribution in [2.24, 2.45) is 5.41 Å². The van der Waals surface area contributed by atoms with Crippen LogP contribution in [0.5, 0.6) is 0 Å². The van der Waals surface area contributed by atoms with Crippen molar-refractivity contribution in [1.29, 1.82) is 0 Å². The Balaban J connectivity index is 1.61. The molecule has 1 spiro atoms. The summed E-state index contributed by atoms with van der Waals surface area (Å²) in [6.45, 7) is 1.43. The Morgan fingerprint density at radius 2 is 2.05 bits per heavy atom. The average Bonchev–Trinajstić information content (AvgIpc) is 2.99. The van der Waals surface area contributed by atoms with E-state index in [9.17, 15) is 19.2 Å². The monoisotopic (exact) mass is 294 g/mol. The van der Waals surface area contributed by atoms with Gasteiger partial charge in [-0.25, -0.2) is 4.79 Å². The molecule has 8 nitrogen and oxygen atoms in total. The van der Waals surface area contributed by atoms with E-state index < -0.39 is 17.4 Å². The van der Waals surface area contributed by atoms with Crippen LogP contribution in [0.2, 0.25) is 0 Å². The van der Waals surface area contributed by atoms with Crippen molar-refractivity contribution >= 4 is 23.8 Å². The number of carbonyl (C=O) groups excluding carboxylic acids is 4. The second-order valence-corrected chi connectivity index (χ2v) is 5.91. The van der Waals surface area contributed by atoms with Crippen molar-refractivity contribution in [1.82, 2.24) is 20.4 Å². The second-order valence-electron chi connectivity index (χ2n) is 5.91. The van der Waals surface area contributed by atoms with Crippen molar-refractivity contribution < 1.29 is 19.2 Å². The van der Waals surface area contributed by atoms with Crippen LogP contribution in [-0.2, 0) is 14.4 Å². The molecular formula is C13H18N4O4. The summed E-state index contributed by atoms with van der Waals surface area (Å²) in [5.41, 5.74) is -0.461. The highest BCUT2D eigenvalue weighted by Crippen LogP contribution is 2.37. The maximum Gasteiger partial charge on any atom is 0.325 e. The Morgan fingerprint density at radius 1 is 1.24 bits per heavy atom. The molecule has 1 unspecified atom stereocenters. The highest BCUT2D eigenvalue weighted by atomic mass is 16.2. The number of hydrogen-bond donors (Lipinski definition) is 2. The number of amides is 5. The van der Waals surface area contributed by atoms with Crippen LogP contribution in [0.15, 0.2) is 0 Å². The summed E-state index contributed by atoms with van der Waals surface area (Å²) in [6.07, 6.45) is 2.39. The van der Waals surface area contributed by atoms with Crippen molar-refractivity contribution in [2.75, 3.05) is 32.7 Å². The molecule has 3 heterocycles. The Morgan fingerprint density at radius 3 is 2.71 bits per heavy atom. The van der Waals surface area contributed by atoms with Crippen LogP contribution in [0, 0.1) is 5.41 Å². The van der Waals surface area contributed by atoms with Gasteiger partial charge in [0.05, 0.1) is 5.41 Å². The summed E-state index contributed by atoms with van der Waals surface area (Å²) in [5, 5.41) is 5.00. The molecule has 0 aromatic rings. The van der Waals surface area contributed by atoms with Crippen molar-refractivity contribution in [2.45, 2.75) is 19.3 Å². The van der Waals surface area contributed by atoms with Crippen LogP contribution in [0.25, 0.3) is 0 Å². The minimum Gasteiger partial charge on any atom is -0.356 e. The minimum absolute atomic E-state index is 0.0261. The fraction of sp³-hybridized carbons (Fsp3) is 0.692. The molecule has 8 heteroatoms. The smallest absolute Gasteiger partial charge is 0.325 e. The van der Waals surface area contributed by atoms with Crippen LogP contribution in [0.3, 0.4) is 0 Å². The maximum atomic E-state index is 12.2. The standard InChI is InChI=1S/C13H18N4O4/c18-9-6-17(12(21)15-9)7-10(19)16-5-3-13(8-16)2-1-4-14-11(13)20/h1-8H2,(H,14,20)(H,15,18,21). The van der Waals surface area contributed by atoms with Crippen molar-refractivity contribution in [3.05, 3.63) is 0 Å². The molecule has 0 radical (unpaired) electrons. The number of nitrogens with zero attached hydrogens (tertiary/aromatic N) is 2. The van der Waals surface area contributed by atoms with Crippen LogP contribution in [0.1, 0.15) is 19.3 Å². The molecule has 3 aliphatic heterocycles. The number of nitrogens with one attached hydrogen (secondary N) is 2. The molecule has 0 saturated carbocycles. The summed E-state index contributed by atoms with van der Waals surface area (Å²) in [6, 6.07) is -0.530. The topological polar surface area (TPSA) is 98.8 Å². The number of imide groups is 1. The van der Waals surface area contributed by atoms with Gasteiger partial charge >= 0.3 is 6.03 Å². The minimum atomic E-state index is -0.530. The molecule has 114 valence electrons. The molecule has 0 aromatic heterocycles. The molecule has 1 atom stereocenters. The fourth-order valence-corrected chi connectivity index (χ4v) is 3.28. The van der Waals surface area contributed by atoms with E-state index in [4.69, 9.17) is 0 Å². The predicted octanol–water partition coefficient (Wildman–Crippen LogP) is -1.33. The number of urea groups is 1. The molecule has 3 fully saturated rings. The van der Waals surface area contributed by atoms with Gasteiger partial charge < -0.3 is 15.1 Å². The summed E-state index contributed by atoms with van der Waals surface area (Å²) >= 11 is 0. The average molecular weight is 294 g/mol. The van der Waals surface area contributed by atoms with Crippen LogP contribution in [0.4, 0.5) is 4.79 Å². The van der Waals surface area contributed by atoms with E-state index in [-0.39, 0.29) is 24.9 Å². The third-order valence-electron chi connectivity index (χ3n) is 4.50. The molecule has 3 rings (SSSR count). The number of rotatable bonds is 2. The molecule has 0 aromatic carbocycles. The Kier molecular flexibility index (Phi) is 3.30. The summed E-state index contributed by atoms with van der Waals surface area (Å²) < 4.78 is 0. The number of likely N-dealkylation sites (tertiary alicyclic amines) is 1. The molecule has 3 aliphatic rings. The lowest BCUT2D eigenvalue weighted by Crippen LogP contribution is -2.48. The van der Waals surface area contributed by atoms with E-state index >= 15 is 0 Å². The normalized spacial score (nSPS) is 29.0. The molecule has 0 bridgehead atoms. The van der Waals surface area contributed by atoms with Crippen molar-refractivity contribution in [3.8, 4) is 0 Å². The largest absolute Gasteiger partial charge is 0.356 e. The fourth-order valence-electron chi connectivity index (χ4n) is 3.28. The SMILES string of the molecule is O=C1CN(CC(=O)N2CCC3(CCCNC3=O)C2)C(=O)N1. The van der Waals surface area contributed by atoms with Gasteiger partial charge in [-0.2, -0.15) is 0 Å². The van der Waals surface area contributed by atoms with Gasteiger partial charge in [-0.05, 0) is 19.3 Å². The first kappa shape index (κ1) is 13.8. The predicted molar refractivity (Wildman–Crippen MR) is 71.0 cm³/mol. The molecule has 2 N–H and O–H groups in total. The Bertz CT molecular complexity index is 520. The summed E-state index contributed by atoms with van der Waals surface area (Å²) in [5.74, 6) is -0.578. The van der Waals surface area contributed by atoms with E-state index in [0.29, 0.717) is 26.1 Å². The van der Waals surface area contributed by atoms with Gasteiger partial charge in [0.15, 0.2) is 0 Å². The van der Waals surface area contributed by atoms with Gasteiger partial charge in [-0.15, -0.1) is 0 Å². The lowest BCUT2D eigenvalue weighted by atomic mass is 9.79. The molecule has 0 aliphatic carbocycles.